The molecule has 0 aliphatic heterocycles. The number of carboxylic acids is 1. The van der Waals surface area contributed by atoms with Crippen LogP contribution in [0.5, 0.6) is 0 Å². The van der Waals surface area contributed by atoms with Gasteiger partial charge in [0, 0.05) is 6.42 Å². The Kier molecular flexibility index (Phi) is 13.7. The van der Waals surface area contributed by atoms with Gasteiger partial charge in [0.25, 0.3) is 0 Å². The van der Waals surface area contributed by atoms with Gasteiger partial charge in [-0.1, -0.05) is 19.8 Å². The van der Waals surface area contributed by atoms with E-state index in [1.807, 2.05) is 0 Å². The van der Waals surface area contributed by atoms with Gasteiger partial charge in [-0.3, -0.25) is 4.79 Å². The predicted molar refractivity (Wildman–Crippen MR) is 41.9 cm³/mol. The summed E-state index contributed by atoms with van der Waals surface area (Å²) in [6, 6.07) is 0. The molecule has 0 aliphatic carbocycles. The van der Waals surface area contributed by atoms with Crippen LogP contribution in [0.4, 0.5) is 0 Å². The number of nitrogens with two attached hydrogens (primary N) is 1. The lowest BCUT2D eigenvalue weighted by molar-refractivity contribution is -0.137. The van der Waals surface area contributed by atoms with E-state index in [0.717, 1.165) is 19.3 Å². The third kappa shape index (κ3) is 15.7. The van der Waals surface area contributed by atoms with Gasteiger partial charge in [0.15, 0.2) is 0 Å². The topological polar surface area (TPSA) is 63.3 Å². The second-order valence-corrected chi connectivity index (χ2v) is 1.85. The van der Waals surface area contributed by atoms with Gasteiger partial charge in [-0.25, -0.2) is 0 Å². The van der Waals surface area contributed by atoms with Crippen LogP contribution in [0.1, 0.15) is 32.6 Å². The highest BCUT2D eigenvalue weighted by Gasteiger charge is 1.92. The summed E-state index contributed by atoms with van der Waals surface area (Å²) in [4.78, 5) is 9.87. The summed E-state index contributed by atoms with van der Waals surface area (Å²) in [5, 5.41) is 8.14. The van der Waals surface area contributed by atoms with E-state index in [-0.39, 0.29) is 0 Å². The summed E-state index contributed by atoms with van der Waals surface area (Å²) in [5.41, 5.74) is 4.50. The van der Waals surface area contributed by atoms with E-state index in [2.05, 4.69) is 12.7 Å². The smallest absolute Gasteiger partial charge is 0.303 e. The van der Waals surface area contributed by atoms with Crippen LogP contribution in [0.3, 0.4) is 0 Å². The summed E-state index contributed by atoms with van der Waals surface area (Å²) in [7, 11) is 1.50. The van der Waals surface area contributed by atoms with E-state index in [1.54, 1.807) is 0 Å². The number of carbonyl (C=O) groups is 1. The fraction of sp³-hybridized carbons (Fsp3) is 0.857. The molecule has 3 nitrogen and oxygen atoms in total. The molecule has 0 rings (SSSR count). The van der Waals surface area contributed by atoms with E-state index < -0.39 is 5.97 Å². The number of hydrogen-bond donors (Lipinski definition) is 2. The quantitative estimate of drug-likeness (QED) is 0.588. The zero-order valence-corrected chi connectivity index (χ0v) is 6.76. The first kappa shape index (κ1) is 12.1. The summed E-state index contributed by atoms with van der Waals surface area (Å²) in [6.07, 6.45) is 3.28. The highest BCUT2D eigenvalue weighted by molar-refractivity contribution is 5.66. The lowest BCUT2D eigenvalue weighted by Gasteiger charge is -1.89. The summed E-state index contributed by atoms with van der Waals surface area (Å²) in [6.45, 7) is 2.06. The fourth-order valence-corrected chi connectivity index (χ4v) is 0.526. The second kappa shape index (κ2) is 11.3. The molecule has 0 aromatic heterocycles. The standard InChI is InChI=1S/C6H12O2.CH5N/c1-2-3-4-5-6(7)8;1-2/h2-5H2,1H3,(H,7,8);2H2,1H3. The van der Waals surface area contributed by atoms with Crippen molar-refractivity contribution in [3.63, 3.8) is 0 Å². The van der Waals surface area contributed by atoms with Gasteiger partial charge in [-0.15, -0.1) is 0 Å². The van der Waals surface area contributed by atoms with E-state index in [0.29, 0.717) is 6.42 Å². The van der Waals surface area contributed by atoms with Crippen molar-refractivity contribution in [1.82, 2.24) is 0 Å². The van der Waals surface area contributed by atoms with Crippen molar-refractivity contribution in [3.8, 4) is 0 Å². The average Bonchev–Trinajstić information content (AvgIpc) is 1.92. The molecule has 10 heavy (non-hydrogen) atoms. The SMILES string of the molecule is CCCCCC(=O)O.CN. The van der Waals surface area contributed by atoms with Gasteiger partial charge in [-0.2, -0.15) is 0 Å². The first-order valence-electron chi connectivity index (χ1n) is 3.57. The van der Waals surface area contributed by atoms with E-state index >= 15 is 0 Å². The van der Waals surface area contributed by atoms with Crippen LogP contribution in [-0.2, 0) is 4.79 Å². The van der Waals surface area contributed by atoms with E-state index in [1.165, 1.54) is 7.05 Å². The lowest BCUT2D eigenvalue weighted by atomic mass is 10.2. The van der Waals surface area contributed by atoms with Crippen molar-refractivity contribution >= 4 is 5.97 Å². The number of rotatable bonds is 4. The first-order chi connectivity index (χ1) is 4.77. The molecular formula is C7H17NO2. The maximum atomic E-state index is 9.87. The maximum absolute atomic E-state index is 9.87. The summed E-state index contributed by atoms with van der Waals surface area (Å²) in [5.74, 6) is -0.682. The molecule has 0 heterocycles. The van der Waals surface area contributed by atoms with Crippen LogP contribution in [0.15, 0.2) is 0 Å². The summed E-state index contributed by atoms with van der Waals surface area (Å²) < 4.78 is 0. The van der Waals surface area contributed by atoms with Crippen molar-refractivity contribution in [3.05, 3.63) is 0 Å². The number of aliphatic carboxylic acids is 1. The molecule has 3 heteroatoms. The number of carboxylic acid groups (broad SMARTS) is 1. The van der Waals surface area contributed by atoms with Gasteiger partial charge < -0.3 is 10.8 Å². The number of hydrogen-bond acceptors (Lipinski definition) is 2. The Bertz CT molecular complexity index is 74.0. The maximum Gasteiger partial charge on any atom is 0.303 e. The molecule has 0 bridgehead atoms. The minimum atomic E-state index is -0.682. The molecule has 0 aliphatic rings. The van der Waals surface area contributed by atoms with E-state index in [9.17, 15) is 4.79 Å². The molecule has 0 aromatic carbocycles. The molecular weight excluding hydrogens is 130 g/mol. The third-order valence-corrected chi connectivity index (χ3v) is 0.994. The molecule has 0 aromatic rings. The largest absolute Gasteiger partial charge is 0.481 e. The van der Waals surface area contributed by atoms with E-state index in [4.69, 9.17) is 5.11 Å². The normalized spacial score (nSPS) is 7.90. The van der Waals surface area contributed by atoms with Crippen molar-refractivity contribution in [2.45, 2.75) is 32.6 Å². The van der Waals surface area contributed by atoms with Crippen LogP contribution >= 0.6 is 0 Å². The van der Waals surface area contributed by atoms with Crippen LogP contribution < -0.4 is 5.73 Å². The third-order valence-electron chi connectivity index (χ3n) is 0.994. The molecule has 0 saturated heterocycles. The Morgan fingerprint density at radius 3 is 2.20 bits per heavy atom. The van der Waals surface area contributed by atoms with Crippen LogP contribution in [0, 0.1) is 0 Å². The van der Waals surface area contributed by atoms with Crippen molar-refractivity contribution in [1.29, 1.82) is 0 Å². The molecule has 0 spiro atoms. The predicted octanol–water partition coefficient (Wildman–Crippen LogP) is 1.23. The molecule has 0 unspecified atom stereocenters. The average molecular weight is 147 g/mol. The Hall–Kier alpha value is -0.570. The van der Waals surface area contributed by atoms with Crippen molar-refractivity contribution in [2.75, 3.05) is 7.05 Å². The van der Waals surface area contributed by atoms with Gasteiger partial charge in [0.1, 0.15) is 0 Å². The lowest BCUT2D eigenvalue weighted by Crippen LogP contribution is -1.92. The van der Waals surface area contributed by atoms with Crippen LogP contribution in [0.2, 0.25) is 0 Å². The highest BCUT2D eigenvalue weighted by Crippen LogP contribution is 1.97. The van der Waals surface area contributed by atoms with Crippen LogP contribution in [0.25, 0.3) is 0 Å². The van der Waals surface area contributed by atoms with Gasteiger partial charge in [0.05, 0.1) is 0 Å². The van der Waals surface area contributed by atoms with Crippen LogP contribution in [-0.4, -0.2) is 18.1 Å². The zero-order chi connectivity index (χ0) is 8.41. The minimum absolute atomic E-state index is 0.327. The fourth-order valence-electron chi connectivity index (χ4n) is 0.526. The molecule has 0 atom stereocenters. The Morgan fingerprint density at radius 2 is 1.90 bits per heavy atom. The first-order valence-corrected chi connectivity index (χ1v) is 3.57. The molecule has 0 fully saturated rings. The molecule has 0 amide bonds. The highest BCUT2D eigenvalue weighted by atomic mass is 16.4. The summed E-state index contributed by atoms with van der Waals surface area (Å²) >= 11 is 0. The van der Waals surface area contributed by atoms with Gasteiger partial charge >= 0.3 is 5.97 Å². The molecule has 62 valence electrons. The second-order valence-electron chi connectivity index (χ2n) is 1.85. The molecule has 3 N–H and O–H groups in total. The molecule has 0 saturated carbocycles. The van der Waals surface area contributed by atoms with Gasteiger partial charge in [0.2, 0.25) is 0 Å². The minimum Gasteiger partial charge on any atom is -0.481 e. The Labute approximate surface area is 62.2 Å². The monoisotopic (exact) mass is 147 g/mol. The molecule has 0 radical (unpaired) electrons. The number of unbranched alkanes of at least 4 members (excludes halogenated alkanes) is 2. The van der Waals surface area contributed by atoms with Crippen molar-refractivity contribution < 1.29 is 9.90 Å². The van der Waals surface area contributed by atoms with Crippen molar-refractivity contribution in [2.24, 2.45) is 5.73 Å². The van der Waals surface area contributed by atoms with Gasteiger partial charge in [-0.05, 0) is 13.5 Å². The zero-order valence-electron chi connectivity index (χ0n) is 6.76. The Balaban J connectivity index is 0. The Morgan fingerprint density at radius 1 is 1.40 bits per heavy atom.